The van der Waals surface area contributed by atoms with Crippen LogP contribution in [0.4, 0.5) is 0 Å². The summed E-state index contributed by atoms with van der Waals surface area (Å²) in [6, 6.07) is 16.4. The van der Waals surface area contributed by atoms with E-state index in [1.807, 2.05) is 30.3 Å². The number of likely N-dealkylation sites (tertiary alicyclic amines) is 1. The molecule has 3 aromatic rings. The van der Waals surface area contributed by atoms with E-state index in [2.05, 4.69) is 10.6 Å². The molecule has 1 aromatic heterocycles. The molecule has 0 aliphatic carbocycles. The lowest BCUT2D eigenvalue weighted by Crippen LogP contribution is -2.50. The van der Waals surface area contributed by atoms with Gasteiger partial charge in [-0.2, -0.15) is 0 Å². The van der Waals surface area contributed by atoms with Crippen molar-refractivity contribution in [1.82, 2.24) is 15.5 Å². The average Bonchev–Trinajstić information content (AvgIpc) is 3.54. The molecule has 1 atom stereocenters. The molecule has 11 heteroatoms. The van der Waals surface area contributed by atoms with E-state index in [1.165, 1.54) is 11.3 Å². The lowest BCUT2D eigenvalue weighted by Gasteiger charge is -2.22. The van der Waals surface area contributed by atoms with E-state index in [4.69, 9.17) is 15.9 Å². The third-order valence-corrected chi connectivity index (χ3v) is 6.62. The number of hydrogen-bond donors (Lipinski definition) is 4. The van der Waals surface area contributed by atoms with Crippen LogP contribution in [0.25, 0.3) is 0 Å². The van der Waals surface area contributed by atoms with Crippen LogP contribution in [0.3, 0.4) is 0 Å². The molecule has 37 heavy (non-hydrogen) atoms. The topological polar surface area (TPSA) is 155 Å². The fourth-order valence-corrected chi connectivity index (χ4v) is 4.62. The Balaban J connectivity index is 1.29. The van der Waals surface area contributed by atoms with E-state index in [0.717, 1.165) is 9.78 Å². The molecule has 1 fully saturated rings. The number of nitrogen functional groups attached to an aromatic ring is 1. The molecular formula is C26H25N5O5S. The monoisotopic (exact) mass is 519 g/mol. The molecule has 0 spiro atoms. The number of carbonyl (C=O) groups excluding carboxylic acids is 4. The van der Waals surface area contributed by atoms with Crippen LogP contribution in [0.2, 0.25) is 0 Å². The molecule has 2 aromatic carbocycles. The number of nitrogens with two attached hydrogens (primary N) is 1. The second-order valence-corrected chi connectivity index (χ2v) is 9.26. The molecule has 0 unspecified atom stereocenters. The Labute approximate surface area is 216 Å². The SMILES string of the molecule is N=C(N)c1csc(CNC(=O)[C@@H]2CCC(=O)N2C(=O)CNC(=O)c2ccc(Oc3ccccc3)cc2)c1. The van der Waals surface area contributed by atoms with Crippen LogP contribution in [0.15, 0.2) is 66.0 Å². The van der Waals surface area contributed by atoms with Crippen LogP contribution in [0, 0.1) is 5.41 Å². The van der Waals surface area contributed by atoms with E-state index in [9.17, 15) is 19.2 Å². The van der Waals surface area contributed by atoms with Crippen LogP contribution >= 0.6 is 11.3 Å². The maximum absolute atomic E-state index is 12.8. The van der Waals surface area contributed by atoms with Gasteiger partial charge < -0.3 is 21.1 Å². The Hall–Kier alpha value is -4.51. The normalized spacial score (nSPS) is 14.8. The highest BCUT2D eigenvalue weighted by Gasteiger charge is 2.40. The van der Waals surface area contributed by atoms with Crippen molar-refractivity contribution >= 4 is 40.8 Å². The number of nitrogens with zero attached hydrogens (tertiary/aromatic N) is 1. The molecule has 10 nitrogen and oxygen atoms in total. The third kappa shape index (κ3) is 6.39. The molecule has 5 N–H and O–H groups in total. The van der Waals surface area contributed by atoms with Gasteiger partial charge in [0.2, 0.25) is 17.7 Å². The smallest absolute Gasteiger partial charge is 0.251 e. The van der Waals surface area contributed by atoms with Crippen LogP contribution in [-0.2, 0) is 20.9 Å². The predicted molar refractivity (Wildman–Crippen MR) is 137 cm³/mol. The van der Waals surface area contributed by atoms with Crippen molar-refractivity contribution in [3.63, 3.8) is 0 Å². The van der Waals surface area contributed by atoms with Gasteiger partial charge in [0.25, 0.3) is 5.91 Å². The van der Waals surface area contributed by atoms with Crippen molar-refractivity contribution in [2.45, 2.75) is 25.4 Å². The summed E-state index contributed by atoms with van der Waals surface area (Å²) in [5.41, 5.74) is 6.34. The average molecular weight is 520 g/mol. The first-order valence-electron chi connectivity index (χ1n) is 11.5. The van der Waals surface area contributed by atoms with Gasteiger partial charge >= 0.3 is 0 Å². The minimum Gasteiger partial charge on any atom is -0.457 e. The molecule has 1 aliphatic heterocycles. The largest absolute Gasteiger partial charge is 0.457 e. The number of benzene rings is 2. The summed E-state index contributed by atoms with van der Waals surface area (Å²) >= 11 is 1.34. The van der Waals surface area contributed by atoms with E-state index in [0.29, 0.717) is 22.6 Å². The second kappa shape index (κ2) is 11.5. The number of nitrogens with one attached hydrogen (secondary N) is 3. The Bertz CT molecular complexity index is 1320. The molecular weight excluding hydrogens is 494 g/mol. The zero-order valence-electron chi connectivity index (χ0n) is 19.7. The van der Waals surface area contributed by atoms with Gasteiger partial charge in [0, 0.05) is 27.8 Å². The van der Waals surface area contributed by atoms with Gasteiger partial charge in [-0.3, -0.25) is 29.5 Å². The zero-order chi connectivity index (χ0) is 26.4. The number of thiophene rings is 1. The maximum atomic E-state index is 12.8. The standard InChI is InChI=1S/C26H25N5O5S/c27-24(28)17-12-20(37-15-17)13-29-26(35)21-10-11-22(32)31(21)23(33)14-30-25(34)16-6-8-19(9-7-16)36-18-4-2-1-3-5-18/h1-9,12,15,21H,10-11,13-14H2,(H3,27,28)(H,29,35)(H,30,34)/t21-/m0/s1. The fourth-order valence-electron chi connectivity index (χ4n) is 3.79. The van der Waals surface area contributed by atoms with Gasteiger partial charge in [-0.25, -0.2) is 0 Å². The van der Waals surface area contributed by atoms with Crippen LogP contribution in [-0.4, -0.2) is 47.0 Å². The van der Waals surface area contributed by atoms with Crippen LogP contribution < -0.4 is 21.1 Å². The van der Waals surface area contributed by atoms with Crippen molar-refractivity contribution < 1.29 is 23.9 Å². The van der Waals surface area contributed by atoms with Crippen molar-refractivity contribution in [2.75, 3.05) is 6.54 Å². The van der Waals surface area contributed by atoms with E-state index >= 15 is 0 Å². The summed E-state index contributed by atoms with van der Waals surface area (Å²) in [5, 5.41) is 14.4. The summed E-state index contributed by atoms with van der Waals surface area (Å²) in [4.78, 5) is 52.1. The lowest BCUT2D eigenvalue weighted by atomic mass is 10.2. The Morgan fingerprint density at radius 2 is 1.73 bits per heavy atom. The molecule has 1 saturated heterocycles. The van der Waals surface area contributed by atoms with Crippen LogP contribution in [0.1, 0.15) is 33.6 Å². The summed E-state index contributed by atoms with van der Waals surface area (Å²) in [6.45, 7) is -0.242. The quantitative estimate of drug-likeness (QED) is 0.251. The van der Waals surface area contributed by atoms with Gasteiger partial charge in [-0.05, 0) is 48.9 Å². The van der Waals surface area contributed by atoms with E-state index in [1.54, 1.807) is 35.7 Å². The summed E-state index contributed by atoms with van der Waals surface area (Å²) in [5.74, 6) is -0.924. The van der Waals surface area contributed by atoms with Gasteiger partial charge in [0.1, 0.15) is 23.4 Å². The molecule has 0 radical (unpaired) electrons. The summed E-state index contributed by atoms with van der Waals surface area (Å²) in [6.07, 6.45) is 0.268. The number of rotatable bonds is 9. The highest BCUT2D eigenvalue weighted by molar-refractivity contribution is 7.10. The second-order valence-electron chi connectivity index (χ2n) is 8.27. The Morgan fingerprint density at radius 1 is 1.03 bits per heavy atom. The highest BCUT2D eigenvalue weighted by Crippen LogP contribution is 2.22. The van der Waals surface area contributed by atoms with E-state index < -0.39 is 36.2 Å². The van der Waals surface area contributed by atoms with Gasteiger partial charge in [0.15, 0.2) is 0 Å². The number of amidine groups is 1. The molecule has 190 valence electrons. The van der Waals surface area contributed by atoms with E-state index in [-0.39, 0.29) is 25.2 Å². The zero-order valence-corrected chi connectivity index (χ0v) is 20.5. The summed E-state index contributed by atoms with van der Waals surface area (Å²) in [7, 11) is 0. The molecule has 0 bridgehead atoms. The highest BCUT2D eigenvalue weighted by atomic mass is 32.1. The number of ether oxygens (including phenoxy) is 1. The number of hydrogen-bond acceptors (Lipinski definition) is 7. The molecule has 2 heterocycles. The summed E-state index contributed by atoms with van der Waals surface area (Å²) < 4.78 is 5.70. The minimum atomic E-state index is -0.946. The lowest BCUT2D eigenvalue weighted by molar-refractivity contribution is -0.147. The number of carbonyl (C=O) groups is 4. The van der Waals surface area contributed by atoms with Crippen molar-refractivity contribution in [3.05, 3.63) is 82.0 Å². The first-order valence-corrected chi connectivity index (χ1v) is 12.4. The predicted octanol–water partition coefficient (Wildman–Crippen LogP) is 2.39. The van der Waals surface area contributed by atoms with Crippen molar-refractivity contribution in [3.8, 4) is 11.5 Å². The minimum absolute atomic E-state index is 0.0636. The molecule has 0 saturated carbocycles. The van der Waals surface area contributed by atoms with Gasteiger partial charge in [-0.15, -0.1) is 11.3 Å². The first-order chi connectivity index (χ1) is 17.8. The van der Waals surface area contributed by atoms with Gasteiger partial charge in [0.05, 0.1) is 13.1 Å². The van der Waals surface area contributed by atoms with Crippen molar-refractivity contribution in [1.29, 1.82) is 5.41 Å². The molecule has 4 rings (SSSR count). The Kier molecular flexibility index (Phi) is 7.94. The van der Waals surface area contributed by atoms with Crippen LogP contribution in [0.5, 0.6) is 11.5 Å². The number of imide groups is 1. The van der Waals surface area contributed by atoms with Gasteiger partial charge in [-0.1, -0.05) is 18.2 Å². The maximum Gasteiger partial charge on any atom is 0.251 e. The fraction of sp³-hybridized carbons (Fsp3) is 0.192. The number of amides is 4. The molecule has 1 aliphatic rings. The first kappa shape index (κ1) is 25.6. The number of para-hydroxylation sites is 1. The van der Waals surface area contributed by atoms with Crippen molar-refractivity contribution in [2.24, 2.45) is 5.73 Å². The Morgan fingerprint density at radius 3 is 2.41 bits per heavy atom. The third-order valence-electron chi connectivity index (χ3n) is 5.68. The molecule has 4 amide bonds.